The summed E-state index contributed by atoms with van der Waals surface area (Å²) in [4.78, 5) is 11.0. The molecule has 1 aliphatic carbocycles. The van der Waals surface area contributed by atoms with Crippen LogP contribution < -0.4 is 5.32 Å². The van der Waals surface area contributed by atoms with Crippen molar-refractivity contribution in [2.45, 2.75) is 45.0 Å². The van der Waals surface area contributed by atoms with Crippen LogP contribution in [0.2, 0.25) is 0 Å². The quantitative estimate of drug-likeness (QED) is 0.424. The molecule has 1 saturated carbocycles. The van der Waals surface area contributed by atoms with E-state index in [1.165, 1.54) is 13.1 Å². The molecule has 2 N–H and O–H groups in total. The zero-order valence-electron chi connectivity index (χ0n) is 10.6. The smallest absolute Gasteiger partial charge is 0.303 e. The lowest BCUT2D eigenvalue weighted by Crippen LogP contribution is -2.49. The van der Waals surface area contributed by atoms with Crippen LogP contribution in [-0.4, -0.2) is 35.6 Å². The summed E-state index contributed by atoms with van der Waals surface area (Å²) < 4.78 is 10.8. The maximum atomic E-state index is 11.0. The number of rotatable bonds is 5. The monoisotopic (exact) mass is 243 g/mol. The van der Waals surface area contributed by atoms with Gasteiger partial charge in [0.15, 0.2) is 0 Å². The number of esters is 1. The van der Waals surface area contributed by atoms with E-state index in [0.717, 1.165) is 0 Å². The van der Waals surface area contributed by atoms with Gasteiger partial charge in [-0.05, 0) is 25.5 Å². The van der Waals surface area contributed by atoms with Crippen LogP contribution in [-0.2, 0) is 14.3 Å². The third kappa shape index (κ3) is 2.98. The predicted octanol–water partition coefficient (Wildman–Crippen LogP) is 0.785. The molecular weight excluding hydrogens is 222 g/mol. The Morgan fingerprint density at radius 2 is 2.35 bits per heavy atom. The number of ether oxygens (including phenoxy) is 2. The molecule has 0 aromatic rings. The predicted molar refractivity (Wildman–Crippen MR) is 63.0 cm³/mol. The van der Waals surface area contributed by atoms with E-state index < -0.39 is 17.8 Å². The zero-order valence-corrected chi connectivity index (χ0v) is 10.6. The molecule has 1 rings (SSSR count). The number of carbonyl (C=O) groups excluding carboxylic acids is 1. The minimum Gasteiger partial charge on any atom is -0.459 e. The molecule has 0 saturated heterocycles. The van der Waals surface area contributed by atoms with Crippen LogP contribution >= 0.6 is 0 Å². The molecule has 0 heterocycles. The van der Waals surface area contributed by atoms with Gasteiger partial charge in [-0.1, -0.05) is 13.5 Å². The van der Waals surface area contributed by atoms with Gasteiger partial charge < -0.3 is 19.9 Å². The highest BCUT2D eigenvalue weighted by Crippen LogP contribution is 2.39. The summed E-state index contributed by atoms with van der Waals surface area (Å²) in [6.45, 7) is 8.77. The van der Waals surface area contributed by atoms with E-state index >= 15 is 0 Å². The first-order valence-corrected chi connectivity index (χ1v) is 5.75. The number of aliphatic hydroxyl groups excluding tert-OH is 1. The van der Waals surface area contributed by atoms with Crippen molar-refractivity contribution in [2.24, 2.45) is 5.92 Å². The number of nitrogens with one attached hydrogen (secondary N) is 1. The Bertz CT molecular complexity index is 294. The zero-order chi connectivity index (χ0) is 13.1. The lowest BCUT2D eigenvalue weighted by Gasteiger charge is -2.34. The molecule has 0 aromatic heterocycles. The average molecular weight is 243 g/mol. The van der Waals surface area contributed by atoms with Crippen LogP contribution in [0.1, 0.15) is 27.2 Å². The van der Waals surface area contributed by atoms with Crippen molar-refractivity contribution in [3.05, 3.63) is 12.8 Å². The molecular formula is C12H21NO4. The van der Waals surface area contributed by atoms with Crippen molar-refractivity contribution in [3.63, 3.8) is 0 Å². The lowest BCUT2D eigenvalue weighted by molar-refractivity contribution is -0.178. The Morgan fingerprint density at radius 3 is 2.88 bits per heavy atom. The highest BCUT2D eigenvalue weighted by atomic mass is 16.6. The molecule has 1 unspecified atom stereocenters. The second-order valence-corrected chi connectivity index (χ2v) is 4.64. The highest BCUT2D eigenvalue weighted by Gasteiger charge is 2.53. The molecule has 0 aromatic carbocycles. The van der Waals surface area contributed by atoms with E-state index in [9.17, 15) is 9.90 Å². The molecule has 1 aliphatic rings. The molecule has 0 spiro atoms. The van der Waals surface area contributed by atoms with Crippen LogP contribution in [0.4, 0.5) is 0 Å². The van der Waals surface area contributed by atoms with Gasteiger partial charge in [-0.3, -0.25) is 4.79 Å². The Kier molecular flexibility index (Phi) is 4.54. The summed E-state index contributed by atoms with van der Waals surface area (Å²) in [6.07, 6.45) is 1.04. The number of aliphatic hydroxyl groups is 1. The Hall–Kier alpha value is -1.07. The second-order valence-electron chi connectivity index (χ2n) is 4.64. The van der Waals surface area contributed by atoms with Gasteiger partial charge in [0.1, 0.15) is 18.4 Å². The van der Waals surface area contributed by atoms with Crippen molar-refractivity contribution in [1.82, 2.24) is 5.32 Å². The van der Waals surface area contributed by atoms with E-state index in [1.807, 2.05) is 6.92 Å². The topological polar surface area (TPSA) is 67.8 Å². The van der Waals surface area contributed by atoms with Gasteiger partial charge in [0.25, 0.3) is 0 Å². The van der Waals surface area contributed by atoms with Gasteiger partial charge in [0.2, 0.25) is 0 Å². The molecule has 0 radical (unpaired) electrons. The van der Waals surface area contributed by atoms with Gasteiger partial charge in [-0.2, -0.15) is 0 Å². The molecule has 5 nitrogen and oxygen atoms in total. The molecule has 17 heavy (non-hydrogen) atoms. The first-order valence-electron chi connectivity index (χ1n) is 5.75. The van der Waals surface area contributed by atoms with Crippen molar-refractivity contribution >= 4 is 5.97 Å². The summed E-state index contributed by atoms with van der Waals surface area (Å²) in [5.74, 6) is -0.323. The molecule has 98 valence electrons. The Labute approximate surface area is 102 Å². The van der Waals surface area contributed by atoms with Crippen molar-refractivity contribution in [1.29, 1.82) is 0 Å². The van der Waals surface area contributed by atoms with Crippen molar-refractivity contribution in [2.75, 3.05) is 6.73 Å². The largest absolute Gasteiger partial charge is 0.459 e. The van der Waals surface area contributed by atoms with E-state index in [2.05, 4.69) is 11.9 Å². The van der Waals surface area contributed by atoms with E-state index in [-0.39, 0.29) is 18.6 Å². The third-order valence-corrected chi connectivity index (χ3v) is 3.27. The molecule has 0 aliphatic heterocycles. The molecule has 0 bridgehead atoms. The molecule has 1 fully saturated rings. The summed E-state index contributed by atoms with van der Waals surface area (Å²) in [5, 5.41) is 12.9. The average Bonchev–Trinajstić information content (AvgIpc) is 2.44. The van der Waals surface area contributed by atoms with Crippen molar-refractivity contribution < 1.29 is 19.4 Å². The molecule has 5 heteroatoms. The van der Waals surface area contributed by atoms with E-state index in [1.54, 1.807) is 6.92 Å². The lowest BCUT2D eigenvalue weighted by atomic mass is 9.98. The number of carbonyl (C=O) groups is 1. The minimum atomic E-state index is -0.874. The first kappa shape index (κ1) is 14.0. The Morgan fingerprint density at radius 1 is 1.71 bits per heavy atom. The fourth-order valence-corrected chi connectivity index (χ4v) is 2.26. The van der Waals surface area contributed by atoms with Gasteiger partial charge in [0.05, 0.1) is 6.10 Å². The van der Waals surface area contributed by atoms with Crippen LogP contribution in [0.25, 0.3) is 0 Å². The van der Waals surface area contributed by atoms with Crippen LogP contribution in [0.15, 0.2) is 12.8 Å². The van der Waals surface area contributed by atoms with Crippen LogP contribution in [0.5, 0.6) is 0 Å². The highest BCUT2D eigenvalue weighted by molar-refractivity contribution is 5.66. The maximum Gasteiger partial charge on any atom is 0.303 e. The van der Waals surface area contributed by atoms with Gasteiger partial charge in [-0.15, -0.1) is 0 Å². The van der Waals surface area contributed by atoms with Crippen LogP contribution in [0.3, 0.4) is 0 Å². The van der Waals surface area contributed by atoms with Crippen LogP contribution in [0, 0.1) is 5.92 Å². The Balaban J connectivity index is 2.73. The van der Waals surface area contributed by atoms with Gasteiger partial charge in [-0.25, -0.2) is 0 Å². The second kappa shape index (κ2) is 5.51. The first-order chi connectivity index (χ1) is 7.91. The number of hydrogen-bond acceptors (Lipinski definition) is 5. The molecule has 4 atom stereocenters. The minimum absolute atomic E-state index is 0.0353. The standard InChI is InChI=1S/C12H21NO4/c1-5-13-7-16-12(4)10(17-9(3)14)6-8(2)11(12)15/h5,8,10-11,13,15H,1,6-7H2,2-4H3/t8?,10-,11+,12+/m0/s1. The summed E-state index contributed by atoms with van der Waals surface area (Å²) >= 11 is 0. The fraction of sp³-hybridized carbons (Fsp3) is 0.750. The summed E-state index contributed by atoms with van der Waals surface area (Å²) in [7, 11) is 0. The third-order valence-electron chi connectivity index (χ3n) is 3.27. The van der Waals surface area contributed by atoms with Gasteiger partial charge >= 0.3 is 5.97 Å². The summed E-state index contributed by atoms with van der Waals surface area (Å²) in [5.41, 5.74) is -0.874. The normalized spacial score (nSPS) is 36.6. The fourth-order valence-electron chi connectivity index (χ4n) is 2.26. The van der Waals surface area contributed by atoms with E-state index in [0.29, 0.717) is 6.42 Å². The van der Waals surface area contributed by atoms with E-state index in [4.69, 9.17) is 9.47 Å². The summed E-state index contributed by atoms with van der Waals surface area (Å²) in [6, 6.07) is 0. The molecule has 0 amide bonds. The van der Waals surface area contributed by atoms with Crippen molar-refractivity contribution in [3.8, 4) is 0 Å². The maximum absolute atomic E-state index is 11.0. The SMILES string of the molecule is C=CNCO[C@]1(C)[C@@H](OC(C)=O)CC(C)[C@H]1O. The number of hydrogen-bond donors (Lipinski definition) is 2. The van der Waals surface area contributed by atoms with Gasteiger partial charge in [0, 0.05) is 6.92 Å².